The van der Waals surface area contributed by atoms with E-state index in [1.165, 1.54) is 16.7 Å². The van der Waals surface area contributed by atoms with Gasteiger partial charge in [0.2, 0.25) is 17.7 Å². The van der Waals surface area contributed by atoms with Gasteiger partial charge >= 0.3 is 5.97 Å². The molecule has 0 radical (unpaired) electrons. The average Bonchev–Trinajstić information content (AvgIpc) is 3.46. The molecule has 0 aliphatic carbocycles. The van der Waals surface area contributed by atoms with Gasteiger partial charge in [0.25, 0.3) is 0 Å². The molecule has 4 heterocycles. The molecular formula is C22H34N6O5S. The number of amides is 3. The number of carbonyl (C=O) groups is 4. The first-order valence-electron chi connectivity index (χ1n) is 11.8. The maximum absolute atomic E-state index is 13.0. The molecule has 0 saturated carbocycles. The molecule has 0 aromatic heterocycles. The normalized spacial score (nSPS) is 33.7. The van der Waals surface area contributed by atoms with Crippen molar-refractivity contribution < 1.29 is 24.3 Å². The van der Waals surface area contributed by atoms with Gasteiger partial charge in [0.15, 0.2) is 0 Å². The third kappa shape index (κ3) is 4.43. The van der Waals surface area contributed by atoms with Crippen molar-refractivity contribution in [2.75, 3.05) is 33.2 Å². The molecule has 3 fully saturated rings. The van der Waals surface area contributed by atoms with Crippen LogP contribution in [-0.4, -0.2) is 101 Å². The molecular weight excluding hydrogens is 460 g/mol. The van der Waals surface area contributed by atoms with Crippen LogP contribution in [0, 0.1) is 11.8 Å². The van der Waals surface area contributed by atoms with Gasteiger partial charge in [-0.1, -0.05) is 6.92 Å². The van der Waals surface area contributed by atoms with E-state index in [0.29, 0.717) is 31.0 Å². The van der Waals surface area contributed by atoms with E-state index < -0.39 is 17.9 Å². The number of hydrogen-bond donors (Lipinski definition) is 5. The highest BCUT2D eigenvalue weighted by Crippen LogP contribution is 2.51. The highest BCUT2D eigenvalue weighted by Gasteiger charge is 2.60. The molecule has 4 aliphatic rings. The zero-order chi connectivity index (χ0) is 24.7. The van der Waals surface area contributed by atoms with E-state index in [1.54, 1.807) is 18.9 Å². The zero-order valence-corrected chi connectivity index (χ0v) is 20.6. The highest BCUT2D eigenvalue weighted by molar-refractivity contribution is 8.03. The molecule has 34 heavy (non-hydrogen) atoms. The van der Waals surface area contributed by atoms with E-state index in [9.17, 15) is 24.3 Å². The van der Waals surface area contributed by atoms with Crippen molar-refractivity contribution in [2.24, 2.45) is 17.6 Å². The monoisotopic (exact) mass is 494 g/mol. The number of nitrogens with two attached hydrogens (primary N) is 1. The van der Waals surface area contributed by atoms with Gasteiger partial charge in [-0.25, -0.2) is 4.79 Å². The van der Waals surface area contributed by atoms with Crippen molar-refractivity contribution in [3.63, 3.8) is 0 Å². The topological polar surface area (TPSA) is 157 Å². The quantitative estimate of drug-likeness (QED) is 0.254. The van der Waals surface area contributed by atoms with Crippen molar-refractivity contribution in [2.45, 2.75) is 56.1 Å². The summed E-state index contributed by atoms with van der Waals surface area (Å²) in [6.07, 6.45) is 1.40. The van der Waals surface area contributed by atoms with Crippen LogP contribution in [0.25, 0.3) is 0 Å². The van der Waals surface area contributed by atoms with Crippen LogP contribution in [0.15, 0.2) is 10.6 Å². The van der Waals surface area contributed by atoms with Crippen LogP contribution >= 0.6 is 11.8 Å². The number of carboxylic acids is 1. The zero-order valence-electron chi connectivity index (χ0n) is 19.7. The van der Waals surface area contributed by atoms with E-state index in [2.05, 4.69) is 16.0 Å². The molecule has 6 N–H and O–H groups in total. The number of carbonyl (C=O) groups excluding carboxylic acids is 3. The van der Waals surface area contributed by atoms with Gasteiger partial charge in [0, 0.05) is 47.8 Å². The van der Waals surface area contributed by atoms with Crippen LogP contribution < -0.4 is 21.7 Å². The Hall–Kier alpha value is -2.15. The van der Waals surface area contributed by atoms with Crippen LogP contribution in [-0.2, 0) is 19.2 Å². The van der Waals surface area contributed by atoms with Crippen LogP contribution in [0.1, 0.15) is 26.7 Å². The summed E-state index contributed by atoms with van der Waals surface area (Å²) in [5.41, 5.74) is 5.97. The van der Waals surface area contributed by atoms with Crippen molar-refractivity contribution in [3.8, 4) is 0 Å². The van der Waals surface area contributed by atoms with Gasteiger partial charge in [0.05, 0.1) is 24.5 Å². The minimum absolute atomic E-state index is 0.0250. The van der Waals surface area contributed by atoms with Crippen molar-refractivity contribution in [1.29, 1.82) is 0 Å². The summed E-state index contributed by atoms with van der Waals surface area (Å²) >= 11 is 1.46. The van der Waals surface area contributed by atoms with Gasteiger partial charge in [-0.2, -0.15) is 0 Å². The number of aliphatic carboxylic acids is 1. The predicted octanol–water partition coefficient (Wildman–Crippen LogP) is -1.49. The molecule has 4 aliphatic heterocycles. The molecule has 0 aromatic rings. The fourth-order valence-corrected chi connectivity index (χ4v) is 7.10. The van der Waals surface area contributed by atoms with Gasteiger partial charge in [-0.3, -0.25) is 14.4 Å². The Balaban J connectivity index is 1.43. The minimum Gasteiger partial charge on any atom is -0.477 e. The second kappa shape index (κ2) is 9.84. The largest absolute Gasteiger partial charge is 0.477 e. The van der Waals surface area contributed by atoms with Gasteiger partial charge in [-0.15, -0.1) is 11.8 Å². The second-order valence-electron chi connectivity index (χ2n) is 9.69. The van der Waals surface area contributed by atoms with Gasteiger partial charge in [-0.05, 0) is 26.8 Å². The Morgan fingerprint density at radius 3 is 2.71 bits per heavy atom. The van der Waals surface area contributed by atoms with Gasteiger partial charge in [0.1, 0.15) is 5.70 Å². The summed E-state index contributed by atoms with van der Waals surface area (Å²) in [5, 5.41) is 18.9. The Morgan fingerprint density at radius 2 is 2.09 bits per heavy atom. The lowest BCUT2D eigenvalue weighted by Crippen LogP contribution is -2.66. The lowest BCUT2D eigenvalue weighted by Gasteiger charge is -2.47. The SMILES string of the molecule is CNCC(=O)N[C@H](C)[C@H]1C(=O)N2C(C(=O)O)=C(S[C@@H]3CN[C@H](C(=O)N4CCC(N)C4)C3)[C@H](C)[C@H]12. The molecule has 188 valence electrons. The van der Waals surface area contributed by atoms with Crippen LogP contribution in [0.2, 0.25) is 0 Å². The summed E-state index contributed by atoms with van der Waals surface area (Å²) in [7, 11) is 1.67. The number of thioether (sulfide) groups is 1. The molecule has 11 nitrogen and oxygen atoms in total. The number of carboxylic acid groups (broad SMARTS) is 1. The molecule has 3 amide bonds. The fraction of sp³-hybridized carbons (Fsp3) is 0.727. The number of fused-ring (bicyclic) bond motifs is 1. The second-order valence-corrected chi connectivity index (χ2v) is 11.0. The first-order chi connectivity index (χ1) is 16.1. The maximum Gasteiger partial charge on any atom is 0.353 e. The molecule has 3 saturated heterocycles. The predicted molar refractivity (Wildman–Crippen MR) is 126 cm³/mol. The molecule has 0 spiro atoms. The van der Waals surface area contributed by atoms with E-state index in [-0.39, 0.29) is 59.3 Å². The summed E-state index contributed by atoms with van der Waals surface area (Å²) < 4.78 is 0. The number of likely N-dealkylation sites (tertiary alicyclic amines) is 1. The van der Waals surface area contributed by atoms with Crippen molar-refractivity contribution in [3.05, 3.63) is 10.6 Å². The third-order valence-electron chi connectivity index (χ3n) is 7.27. The standard InChI is InChI=1S/C22H34N6O5S/c1-10-17-16(11(2)26-15(29)8-24-3)21(31)28(17)18(22(32)33)19(10)34-13-6-14(25-7-13)20(30)27-5-4-12(23)9-27/h10-14,16-17,24-25H,4-9,23H2,1-3H3,(H,26,29)(H,32,33)/t10-,11-,12?,13+,14+,16-,17-/m1/s1. The molecule has 0 bridgehead atoms. The molecule has 0 aromatic carbocycles. The molecule has 4 rings (SSSR count). The van der Waals surface area contributed by atoms with Crippen LogP contribution in [0.5, 0.6) is 0 Å². The fourth-order valence-electron chi connectivity index (χ4n) is 5.62. The Labute approximate surface area is 203 Å². The number of hydrogen-bond acceptors (Lipinski definition) is 8. The van der Waals surface area contributed by atoms with Crippen LogP contribution in [0.3, 0.4) is 0 Å². The minimum atomic E-state index is -1.12. The Morgan fingerprint density at radius 1 is 1.35 bits per heavy atom. The maximum atomic E-state index is 13.0. The number of nitrogens with zero attached hydrogens (tertiary/aromatic N) is 2. The van der Waals surface area contributed by atoms with E-state index in [1.807, 2.05) is 6.92 Å². The summed E-state index contributed by atoms with van der Waals surface area (Å²) in [4.78, 5) is 53.8. The van der Waals surface area contributed by atoms with Crippen molar-refractivity contribution >= 4 is 35.5 Å². The first kappa shape index (κ1) is 25.0. The number of nitrogens with one attached hydrogen (secondary N) is 3. The van der Waals surface area contributed by atoms with Crippen LogP contribution in [0.4, 0.5) is 0 Å². The lowest BCUT2D eigenvalue weighted by molar-refractivity contribution is -0.158. The summed E-state index contributed by atoms with van der Waals surface area (Å²) in [6.45, 7) is 5.70. The van der Waals surface area contributed by atoms with E-state index in [4.69, 9.17) is 5.73 Å². The molecule has 7 atom stereocenters. The molecule has 1 unspecified atom stereocenters. The van der Waals surface area contributed by atoms with E-state index >= 15 is 0 Å². The summed E-state index contributed by atoms with van der Waals surface area (Å²) in [5.74, 6) is -2.20. The number of likely N-dealkylation sites (N-methyl/N-ethyl adjacent to an activating group) is 1. The molecule has 12 heteroatoms. The summed E-state index contributed by atoms with van der Waals surface area (Å²) in [6, 6.07) is -0.983. The average molecular weight is 495 g/mol. The Kier molecular flexibility index (Phi) is 7.22. The first-order valence-corrected chi connectivity index (χ1v) is 12.7. The Bertz CT molecular complexity index is 912. The third-order valence-corrected chi connectivity index (χ3v) is 8.79. The lowest BCUT2D eigenvalue weighted by atomic mass is 9.78. The van der Waals surface area contributed by atoms with Gasteiger partial charge < -0.3 is 36.6 Å². The smallest absolute Gasteiger partial charge is 0.353 e. The van der Waals surface area contributed by atoms with E-state index in [0.717, 1.165) is 6.42 Å². The number of rotatable bonds is 8. The highest BCUT2D eigenvalue weighted by atomic mass is 32.2. The number of β-lactam (4-membered cyclic amide) rings is 1. The van der Waals surface area contributed by atoms with Crippen molar-refractivity contribution in [1.82, 2.24) is 25.8 Å².